The van der Waals surface area contributed by atoms with E-state index < -0.39 is 16.7 Å². The van der Waals surface area contributed by atoms with Gasteiger partial charge in [-0.25, -0.2) is 4.98 Å². The van der Waals surface area contributed by atoms with E-state index >= 15 is 0 Å². The molecule has 0 atom stereocenters. The van der Waals surface area contributed by atoms with Crippen molar-refractivity contribution in [2.75, 3.05) is 18.4 Å². The number of anilines is 1. The summed E-state index contributed by atoms with van der Waals surface area (Å²) in [5.74, 6) is -1.58. The molecule has 10 heteroatoms. The molecule has 1 fully saturated rings. The Morgan fingerprint density at radius 1 is 1.45 bits per heavy atom. The molecule has 114 valence electrons. The van der Waals surface area contributed by atoms with Crippen molar-refractivity contribution in [3.05, 3.63) is 39.6 Å². The average molecular weight is 322 g/mol. The monoisotopic (exact) mass is 322 g/mol. The van der Waals surface area contributed by atoms with Crippen LogP contribution in [-0.2, 0) is 4.79 Å². The molecule has 0 aliphatic carbocycles. The predicted octanol–water partition coefficient (Wildman–Crippen LogP) is 1.35. The van der Waals surface area contributed by atoms with E-state index in [1.165, 1.54) is 22.3 Å². The molecule has 2 amide bonds. The Morgan fingerprint density at radius 2 is 2.23 bits per heavy atom. The SMILES string of the molecule is O=C(Nc1nccs1)C1CN(C(=O)c2ccc([N+](=O)[O-])o2)C1. The van der Waals surface area contributed by atoms with E-state index in [-0.39, 0.29) is 30.7 Å². The largest absolute Gasteiger partial charge is 0.433 e. The molecule has 22 heavy (non-hydrogen) atoms. The van der Waals surface area contributed by atoms with E-state index in [2.05, 4.69) is 10.3 Å². The number of carbonyl (C=O) groups is 2. The summed E-state index contributed by atoms with van der Waals surface area (Å²) in [6.45, 7) is 0.481. The number of amides is 2. The third-order valence-corrected chi connectivity index (χ3v) is 3.87. The first-order valence-corrected chi connectivity index (χ1v) is 7.16. The molecule has 0 aromatic carbocycles. The third-order valence-electron chi connectivity index (χ3n) is 3.18. The van der Waals surface area contributed by atoms with Crippen molar-refractivity contribution >= 4 is 34.2 Å². The van der Waals surface area contributed by atoms with Crippen LogP contribution in [0.1, 0.15) is 10.6 Å². The quantitative estimate of drug-likeness (QED) is 0.670. The van der Waals surface area contributed by atoms with Gasteiger partial charge in [0.05, 0.1) is 12.0 Å². The maximum atomic E-state index is 12.0. The van der Waals surface area contributed by atoms with Crippen LogP contribution in [0.15, 0.2) is 28.1 Å². The van der Waals surface area contributed by atoms with Gasteiger partial charge in [0, 0.05) is 24.7 Å². The highest BCUT2D eigenvalue weighted by Gasteiger charge is 2.37. The summed E-state index contributed by atoms with van der Waals surface area (Å²) in [5, 5.41) is 15.4. The average Bonchev–Trinajstić information content (AvgIpc) is 3.07. The summed E-state index contributed by atoms with van der Waals surface area (Å²) in [7, 11) is 0. The number of nitrogens with zero attached hydrogens (tertiary/aromatic N) is 3. The van der Waals surface area contributed by atoms with Gasteiger partial charge in [-0.15, -0.1) is 11.3 Å². The molecule has 1 aliphatic heterocycles. The predicted molar refractivity (Wildman–Crippen MR) is 75.5 cm³/mol. The van der Waals surface area contributed by atoms with Crippen LogP contribution in [0.3, 0.4) is 0 Å². The summed E-state index contributed by atoms with van der Waals surface area (Å²) in [5.41, 5.74) is 0. The number of thiazole rings is 1. The lowest BCUT2D eigenvalue weighted by Gasteiger charge is -2.37. The van der Waals surface area contributed by atoms with Crippen LogP contribution in [0.4, 0.5) is 11.0 Å². The van der Waals surface area contributed by atoms with Gasteiger partial charge >= 0.3 is 5.88 Å². The Hall–Kier alpha value is -2.75. The summed E-state index contributed by atoms with van der Waals surface area (Å²) in [4.78, 5) is 39.1. The fourth-order valence-electron chi connectivity index (χ4n) is 2.00. The first-order valence-electron chi connectivity index (χ1n) is 6.28. The summed E-state index contributed by atoms with van der Waals surface area (Å²) < 4.78 is 4.85. The summed E-state index contributed by atoms with van der Waals surface area (Å²) >= 11 is 1.31. The van der Waals surface area contributed by atoms with Gasteiger partial charge in [0.15, 0.2) is 10.9 Å². The Bertz CT molecular complexity index is 720. The number of likely N-dealkylation sites (tertiary alicyclic amines) is 1. The summed E-state index contributed by atoms with van der Waals surface area (Å²) in [6.07, 6.45) is 1.58. The van der Waals surface area contributed by atoms with E-state index in [1.807, 2.05) is 0 Å². The zero-order chi connectivity index (χ0) is 15.7. The molecule has 2 aromatic heterocycles. The molecular weight excluding hydrogens is 312 g/mol. The van der Waals surface area contributed by atoms with E-state index in [0.29, 0.717) is 5.13 Å². The second-order valence-corrected chi connectivity index (χ2v) is 5.52. The van der Waals surface area contributed by atoms with Gasteiger partial charge in [-0.1, -0.05) is 0 Å². The lowest BCUT2D eigenvalue weighted by molar-refractivity contribution is -0.402. The van der Waals surface area contributed by atoms with Crippen LogP contribution in [-0.4, -0.2) is 39.7 Å². The lowest BCUT2D eigenvalue weighted by Crippen LogP contribution is -2.54. The fraction of sp³-hybridized carbons (Fsp3) is 0.250. The Labute approximate surface area is 127 Å². The molecule has 0 spiro atoms. The highest BCUT2D eigenvalue weighted by molar-refractivity contribution is 7.13. The second kappa shape index (κ2) is 5.56. The van der Waals surface area contributed by atoms with Gasteiger partial charge in [-0.2, -0.15) is 0 Å². The van der Waals surface area contributed by atoms with Crippen LogP contribution in [0.2, 0.25) is 0 Å². The van der Waals surface area contributed by atoms with Crippen LogP contribution in [0, 0.1) is 16.0 Å². The number of furan rings is 1. The third kappa shape index (κ3) is 2.68. The molecule has 1 saturated heterocycles. The molecule has 2 aromatic rings. The summed E-state index contributed by atoms with van der Waals surface area (Å²) in [6, 6.07) is 2.38. The molecule has 0 unspecified atom stereocenters. The number of carbonyl (C=O) groups excluding carboxylic acids is 2. The minimum absolute atomic E-state index is 0.106. The number of rotatable bonds is 4. The molecular formula is C12H10N4O5S. The molecule has 0 radical (unpaired) electrons. The maximum absolute atomic E-state index is 12.0. The van der Waals surface area contributed by atoms with Gasteiger partial charge in [0.1, 0.15) is 4.92 Å². The van der Waals surface area contributed by atoms with E-state index in [4.69, 9.17) is 4.42 Å². The van der Waals surface area contributed by atoms with Gasteiger partial charge < -0.3 is 14.6 Å². The van der Waals surface area contributed by atoms with Crippen LogP contribution in [0.5, 0.6) is 0 Å². The van der Waals surface area contributed by atoms with Crippen molar-refractivity contribution in [1.82, 2.24) is 9.88 Å². The molecule has 3 heterocycles. The highest BCUT2D eigenvalue weighted by Crippen LogP contribution is 2.23. The fourth-order valence-corrected chi connectivity index (χ4v) is 2.53. The second-order valence-electron chi connectivity index (χ2n) is 4.63. The minimum Gasteiger partial charge on any atom is -0.395 e. The zero-order valence-electron chi connectivity index (χ0n) is 11.1. The van der Waals surface area contributed by atoms with Gasteiger partial charge in [-0.3, -0.25) is 19.7 Å². The Morgan fingerprint density at radius 3 is 2.82 bits per heavy atom. The molecule has 1 N–H and O–H groups in total. The lowest BCUT2D eigenvalue weighted by atomic mass is 9.99. The van der Waals surface area contributed by atoms with Crippen molar-refractivity contribution in [2.24, 2.45) is 5.92 Å². The van der Waals surface area contributed by atoms with Crippen molar-refractivity contribution < 1.29 is 18.9 Å². The molecule has 0 bridgehead atoms. The number of hydrogen-bond donors (Lipinski definition) is 1. The number of nitro groups is 1. The number of aromatic nitrogens is 1. The highest BCUT2D eigenvalue weighted by atomic mass is 32.1. The van der Waals surface area contributed by atoms with Crippen molar-refractivity contribution in [2.45, 2.75) is 0 Å². The van der Waals surface area contributed by atoms with Crippen molar-refractivity contribution in [3.63, 3.8) is 0 Å². The normalized spacial score (nSPS) is 14.5. The van der Waals surface area contributed by atoms with Gasteiger partial charge in [-0.05, 0) is 6.07 Å². The number of hydrogen-bond acceptors (Lipinski definition) is 7. The molecule has 0 saturated carbocycles. The zero-order valence-corrected chi connectivity index (χ0v) is 11.9. The first-order chi connectivity index (χ1) is 10.5. The molecule has 1 aliphatic rings. The maximum Gasteiger partial charge on any atom is 0.433 e. The van der Waals surface area contributed by atoms with Crippen LogP contribution >= 0.6 is 11.3 Å². The smallest absolute Gasteiger partial charge is 0.395 e. The standard InChI is InChI=1S/C12H10N4O5S/c17-10(14-12-13-3-4-22-12)7-5-15(6-7)11(18)8-1-2-9(21-8)16(19)20/h1-4,7H,5-6H2,(H,13,14,17). The van der Waals surface area contributed by atoms with E-state index in [1.54, 1.807) is 11.6 Å². The Kier molecular flexibility index (Phi) is 3.59. The van der Waals surface area contributed by atoms with E-state index in [0.717, 1.165) is 6.07 Å². The van der Waals surface area contributed by atoms with E-state index in [9.17, 15) is 19.7 Å². The van der Waals surface area contributed by atoms with Crippen LogP contribution < -0.4 is 5.32 Å². The topological polar surface area (TPSA) is 119 Å². The minimum atomic E-state index is -0.711. The van der Waals surface area contributed by atoms with Crippen LogP contribution in [0.25, 0.3) is 0 Å². The van der Waals surface area contributed by atoms with Crippen molar-refractivity contribution in [3.8, 4) is 0 Å². The molecule has 3 rings (SSSR count). The van der Waals surface area contributed by atoms with Crippen molar-refractivity contribution in [1.29, 1.82) is 0 Å². The van der Waals surface area contributed by atoms with Gasteiger partial charge in [0.25, 0.3) is 5.91 Å². The molecule has 9 nitrogen and oxygen atoms in total. The van der Waals surface area contributed by atoms with Gasteiger partial charge in [0.2, 0.25) is 5.91 Å². The Balaban J connectivity index is 1.54. The number of nitrogens with one attached hydrogen (secondary N) is 1. The first kappa shape index (κ1) is 14.2.